The van der Waals surface area contributed by atoms with Gasteiger partial charge in [0.2, 0.25) is 5.43 Å². The summed E-state index contributed by atoms with van der Waals surface area (Å²) in [5, 5.41) is 18.3. The van der Waals surface area contributed by atoms with Crippen LogP contribution in [0.2, 0.25) is 0 Å². The second kappa shape index (κ2) is 6.98. The Morgan fingerprint density at radius 2 is 2.17 bits per heavy atom. The summed E-state index contributed by atoms with van der Waals surface area (Å²) in [5.74, 6) is -1.20. The molecular formula is C18H19NO5. The Morgan fingerprint density at radius 1 is 1.38 bits per heavy atom. The van der Waals surface area contributed by atoms with Crippen LogP contribution in [0, 0.1) is 0 Å². The first-order valence-electron chi connectivity index (χ1n) is 7.89. The highest BCUT2D eigenvalue weighted by Gasteiger charge is 2.26. The molecule has 1 saturated carbocycles. The van der Waals surface area contributed by atoms with E-state index in [2.05, 4.69) is 0 Å². The van der Waals surface area contributed by atoms with E-state index < -0.39 is 11.4 Å². The van der Waals surface area contributed by atoms with E-state index in [1.807, 2.05) is 22.8 Å². The summed E-state index contributed by atoms with van der Waals surface area (Å²) in [7, 11) is 0. The maximum absolute atomic E-state index is 12.5. The van der Waals surface area contributed by atoms with Crippen molar-refractivity contribution in [1.29, 1.82) is 0 Å². The third kappa shape index (κ3) is 3.39. The number of fused-ring (bicyclic) bond motifs is 1. The van der Waals surface area contributed by atoms with Crippen molar-refractivity contribution in [3.63, 3.8) is 0 Å². The molecule has 0 atom stereocenters. The summed E-state index contributed by atoms with van der Waals surface area (Å²) in [4.78, 5) is 23.8. The average Bonchev–Trinajstić information content (AvgIpc) is 3.40. The number of carboxylic acid groups (broad SMARTS) is 1. The second-order valence-corrected chi connectivity index (χ2v) is 5.79. The number of nitrogens with zero attached hydrogens (tertiary/aromatic N) is 1. The van der Waals surface area contributed by atoms with Gasteiger partial charge in [-0.1, -0.05) is 18.2 Å². The molecule has 1 aliphatic carbocycles. The molecule has 2 N–H and O–H groups in total. The largest absolute Gasteiger partial charge is 0.477 e. The van der Waals surface area contributed by atoms with E-state index in [9.17, 15) is 14.7 Å². The summed E-state index contributed by atoms with van der Waals surface area (Å²) in [6.45, 7) is 0.610. The van der Waals surface area contributed by atoms with Crippen molar-refractivity contribution in [1.82, 2.24) is 4.57 Å². The first-order chi connectivity index (χ1) is 11.6. The molecule has 1 aromatic carbocycles. The van der Waals surface area contributed by atoms with E-state index in [0.717, 1.165) is 23.9 Å². The number of aliphatic hydroxyl groups is 1. The molecule has 0 radical (unpaired) electrons. The molecule has 0 bridgehead atoms. The third-order valence-corrected chi connectivity index (χ3v) is 3.99. The summed E-state index contributed by atoms with van der Waals surface area (Å²) in [6.07, 6.45) is 7.06. The van der Waals surface area contributed by atoms with Crippen molar-refractivity contribution in [3.05, 3.63) is 51.8 Å². The number of aromatic carboxylic acids is 1. The zero-order valence-electron chi connectivity index (χ0n) is 13.1. The molecule has 0 saturated heterocycles. The van der Waals surface area contributed by atoms with Gasteiger partial charge in [-0.3, -0.25) is 4.79 Å². The van der Waals surface area contributed by atoms with Gasteiger partial charge in [-0.2, -0.15) is 0 Å². The second-order valence-electron chi connectivity index (χ2n) is 5.79. The number of rotatable bonds is 7. The Kier molecular flexibility index (Phi) is 4.78. The van der Waals surface area contributed by atoms with Crippen molar-refractivity contribution >= 4 is 22.9 Å². The lowest BCUT2D eigenvalue weighted by atomic mass is 10.1. The molecule has 126 valence electrons. The fraction of sp³-hybridized carbons (Fsp3) is 0.333. The Hall–Kier alpha value is -2.44. The van der Waals surface area contributed by atoms with Gasteiger partial charge < -0.3 is 19.5 Å². The van der Waals surface area contributed by atoms with Gasteiger partial charge in [-0.25, -0.2) is 4.79 Å². The Bertz CT molecular complexity index is 848. The van der Waals surface area contributed by atoms with Gasteiger partial charge in [0, 0.05) is 17.6 Å². The quantitative estimate of drug-likeness (QED) is 0.759. The van der Waals surface area contributed by atoms with Crippen LogP contribution in [0.3, 0.4) is 0 Å². The number of hydrogen-bond acceptors (Lipinski definition) is 4. The molecule has 0 spiro atoms. The van der Waals surface area contributed by atoms with Crippen molar-refractivity contribution in [2.24, 2.45) is 0 Å². The summed E-state index contributed by atoms with van der Waals surface area (Å²) in [5.41, 5.74) is 0.918. The number of aromatic nitrogens is 1. The standard InChI is InChI=1S/C18H19NO5/c20-7-9-24-8-1-2-12-3-6-16-14(10-12)17(21)15(18(22)23)11-19(16)13-4-5-13/h1-3,6,10-11,13,20H,4-5,7-9H2,(H,22,23). The van der Waals surface area contributed by atoms with Crippen LogP contribution in [0.1, 0.15) is 34.8 Å². The van der Waals surface area contributed by atoms with E-state index in [1.54, 1.807) is 12.1 Å². The van der Waals surface area contributed by atoms with Crippen molar-refractivity contribution in [2.75, 3.05) is 19.8 Å². The van der Waals surface area contributed by atoms with E-state index >= 15 is 0 Å². The maximum atomic E-state index is 12.5. The van der Waals surface area contributed by atoms with Gasteiger partial charge in [0.15, 0.2) is 0 Å². The molecule has 24 heavy (non-hydrogen) atoms. The lowest BCUT2D eigenvalue weighted by molar-refractivity contribution is 0.0695. The zero-order valence-corrected chi connectivity index (χ0v) is 13.1. The molecule has 6 heteroatoms. The van der Waals surface area contributed by atoms with Gasteiger partial charge in [-0.15, -0.1) is 0 Å². The normalized spacial score (nSPS) is 14.5. The minimum Gasteiger partial charge on any atom is -0.477 e. The van der Waals surface area contributed by atoms with Gasteiger partial charge in [0.1, 0.15) is 5.56 Å². The minimum atomic E-state index is -1.20. The summed E-state index contributed by atoms with van der Waals surface area (Å²) >= 11 is 0. The zero-order chi connectivity index (χ0) is 17.1. The Balaban J connectivity index is 2.00. The molecule has 3 rings (SSSR count). The molecule has 2 aromatic rings. The van der Waals surface area contributed by atoms with Gasteiger partial charge in [0.25, 0.3) is 0 Å². The van der Waals surface area contributed by atoms with Crippen LogP contribution in [0.15, 0.2) is 35.3 Å². The smallest absolute Gasteiger partial charge is 0.341 e. The number of ether oxygens (including phenoxy) is 1. The van der Waals surface area contributed by atoms with Gasteiger partial charge in [0.05, 0.1) is 25.3 Å². The average molecular weight is 329 g/mol. The molecular weight excluding hydrogens is 310 g/mol. The number of pyridine rings is 1. The minimum absolute atomic E-state index is 0.0253. The van der Waals surface area contributed by atoms with Crippen molar-refractivity contribution in [3.8, 4) is 0 Å². The predicted molar refractivity (Wildman–Crippen MR) is 90.4 cm³/mol. The molecule has 1 fully saturated rings. The van der Waals surface area contributed by atoms with Crippen molar-refractivity contribution in [2.45, 2.75) is 18.9 Å². The van der Waals surface area contributed by atoms with Crippen LogP contribution in [-0.4, -0.2) is 40.6 Å². The number of carboxylic acids is 1. The lowest BCUT2D eigenvalue weighted by Crippen LogP contribution is -2.18. The van der Waals surface area contributed by atoms with E-state index in [-0.39, 0.29) is 24.8 Å². The van der Waals surface area contributed by atoms with E-state index in [0.29, 0.717) is 12.0 Å². The topological polar surface area (TPSA) is 88.8 Å². The lowest BCUT2D eigenvalue weighted by Gasteiger charge is -2.11. The summed E-state index contributed by atoms with van der Waals surface area (Å²) < 4.78 is 7.05. The van der Waals surface area contributed by atoms with Crippen LogP contribution in [0.4, 0.5) is 0 Å². The first kappa shape index (κ1) is 16.4. The van der Waals surface area contributed by atoms with Crippen LogP contribution in [-0.2, 0) is 4.74 Å². The molecule has 6 nitrogen and oxygen atoms in total. The number of hydrogen-bond donors (Lipinski definition) is 2. The fourth-order valence-corrected chi connectivity index (χ4v) is 2.68. The molecule has 1 aliphatic rings. The van der Waals surface area contributed by atoms with Crippen LogP contribution < -0.4 is 5.43 Å². The number of carbonyl (C=O) groups is 1. The SMILES string of the molecule is O=C(O)c1cn(C2CC2)c2ccc(C=CCOCCO)cc2c1=O. The molecule has 0 unspecified atom stereocenters. The van der Waals surface area contributed by atoms with Crippen LogP contribution >= 0.6 is 0 Å². The highest BCUT2D eigenvalue weighted by molar-refractivity contribution is 5.93. The predicted octanol–water partition coefficient (Wildman–Crippen LogP) is 2.06. The summed E-state index contributed by atoms with van der Waals surface area (Å²) in [6, 6.07) is 5.74. The molecule has 0 aliphatic heterocycles. The first-order valence-corrected chi connectivity index (χ1v) is 7.89. The number of benzene rings is 1. The fourth-order valence-electron chi connectivity index (χ4n) is 2.68. The monoisotopic (exact) mass is 329 g/mol. The van der Waals surface area contributed by atoms with Crippen LogP contribution in [0.5, 0.6) is 0 Å². The highest BCUT2D eigenvalue weighted by atomic mass is 16.5. The highest BCUT2D eigenvalue weighted by Crippen LogP contribution is 2.37. The van der Waals surface area contributed by atoms with Gasteiger partial charge in [-0.05, 0) is 30.5 Å². The van der Waals surface area contributed by atoms with Gasteiger partial charge >= 0.3 is 5.97 Å². The van der Waals surface area contributed by atoms with E-state index in [1.165, 1.54) is 6.20 Å². The Morgan fingerprint density at radius 3 is 2.83 bits per heavy atom. The molecule has 0 amide bonds. The van der Waals surface area contributed by atoms with E-state index in [4.69, 9.17) is 9.84 Å². The third-order valence-electron chi connectivity index (χ3n) is 3.99. The van der Waals surface area contributed by atoms with Crippen molar-refractivity contribution < 1.29 is 19.7 Å². The molecule has 1 aromatic heterocycles. The molecule has 1 heterocycles. The van der Waals surface area contributed by atoms with Crippen LogP contribution in [0.25, 0.3) is 17.0 Å². The maximum Gasteiger partial charge on any atom is 0.341 e. The number of aliphatic hydroxyl groups excluding tert-OH is 1. The Labute approximate surface area is 138 Å².